The van der Waals surface area contributed by atoms with Crippen LogP contribution in [0.1, 0.15) is 19.4 Å². The Labute approximate surface area is 195 Å². The number of hydrogen-bond donors (Lipinski definition) is 2. The molecule has 1 aromatic rings. The Hall–Kier alpha value is -0.240. The van der Waals surface area contributed by atoms with Gasteiger partial charge in [-0.15, -0.1) is 0 Å². The van der Waals surface area contributed by atoms with Gasteiger partial charge >= 0.3 is 6.18 Å². The lowest BCUT2D eigenvalue weighted by molar-refractivity contribution is -0.137. The van der Waals surface area contributed by atoms with Gasteiger partial charge in [0.05, 0.1) is 22.2 Å². The summed E-state index contributed by atoms with van der Waals surface area (Å²) in [5.41, 5.74) is -1.57. The number of carbonyl (C=O) groups excluding carboxylic acids is 1. The lowest BCUT2D eigenvalue weighted by atomic mass is 10.1. The molecule has 3 nitrogen and oxygen atoms in total. The lowest BCUT2D eigenvalue weighted by Crippen LogP contribution is -2.50. The van der Waals surface area contributed by atoms with Gasteiger partial charge in [-0.3, -0.25) is 4.79 Å². The highest BCUT2D eigenvalue weighted by molar-refractivity contribution is 6.68. The summed E-state index contributed by atoms with van der Waals surface area (Å²) in [6.45, 7) is 3.66. The van der Waals surface area contributed by atoms with Gasteiger partial charge in [0.2, 0.25) is 9.70 Å². The fraction of sp³-hybridized carbons (Fsp3) is 0.471. The van der Waals surface area contributed by atoms with Crippen molar-refractivity contribution in [3.05, 3.63) is 39.4 Å². The average Bonchev–Trinajstić information content (AvgIpc) is 3.06. The second kappa shape index (κ2) is 8.71. The quantitative estimate of drug-likeness (QED) is 0.312. The summed E-state index contributed by atoms with van der Waals surface area (Å²) >= 11 is 35.1. The van der Waals surface area contributed by atoms with Gasteiger partial charge in [-0.25, -0.2) is 0 Å². The Morgan fingerprint density at radius 3 is 2.28 bits per heavy atom. The first-order valence-electron chi connectivity index (χ1n) is 8.08. The summed E-state index contributed by atoms with van der Waals surface area (Å²) in [6.07, 6.45) is -4.43. The van der Waals surface area contributed by atoms with E-state index in [1.165, 1.54) is 6.08 Å². The third-order valence-electron chi connectivity index (χ3n) is 4.71. The van der Waals surface area contributed by atoms with Crippen LogP contribution >= 0.6 is 69.6 Å². The molecule has 0 spiro atoms. The molecule has 0 aliphatic heterocycles. The van der Waals surface area contributed by atoms with Crippen LogP contribution in [0.4, 0.5) is 18.9 Å². The molecule has 1 aromatic carbocycles. The smallest absolute Gasteiger partial charge is 0.361 e. The molecule has 1 aliphatic rings. The van der Waals surface area contributed by atoms with Crippen molar-refractivity contribution in [3.63, 3.8) is 0 Å². The van der Waals surface area contributed by atoms with Crippen LogP contribution in [0.5, 0.6) is 0 Å². The highest BCUT2D eigenvalue weighted by atomic mass is 35.6. The summed E-state index contributed by atoms with van der Waals surface area (Å²) in [7, 11) is 0. The summed E-state index contributed by atoms with van der Waals surface area (Å²) in [5.74, 6) is -1.26. The predicted octanol–water partition coefficient (Wildman–Crippen LogP) is 7.17. The number of amides is 1. The van der Waals surface area contributed by atoms with E-state index in [0.29, 0.717) is 0 Å². The molecule has 29 heavy (non-hydrogen) atoms. The number of anilines is 1. The predicted molar refractivity (Wildman–Crippen MR) is 113 cm³/mol. The molecule has 3 atom stereocenters. The second-order valence-electron chi connectivity index (χ2n) is 7.10. The summed E-state index contributed by atoms with van der Waals surface area (Å²) in [6, 6.07) is 2.63. The zero-order valence-electron chi connectivity index (χ0n) is 14.9. The minimum atomic E-state index is -4.60. The summed E-state index contributed by atoms with van der Waals surface area (Å²) < 4.78 is 36.9. The summed E-state index contributed by atoms with van der Waals surface area (Å²) in [5, 5.41) is 5.03. The van der Waals surface area contributed by atoms with E-state index in [1.54, 1.807) is 0 Å². The minimum absolute atomic E-state index is 0.0187. The zero-order chi connectivity index (χ0) is 22.4. The maximum atomic E-state index is 13.0. The van der Waals surface area contributed by atoms with Gasteiger partial charge in [0.25, 0.3) is 0 Å². The normalized spacial score (nSPS) is 21.9. The molecule has 0 bridgehead atoms. The minimum Gasteiger partial charge on any atom is -0.361 e. The van der Waals surface area contributed by atoms with E-state index < -0.39 is 38.9 Å². The number of alkyl halides is 6. The van der Waals surface area contributed by atoms with Gasteiger partial charge in [0.1, 0.15) is 10.7 Å². The van der Waals surface area contributed by atoms with Crippen molar-refractivity contribution >= 4 is 81.2 Å². The first kappa shape index (κ1) is 25.0. The highest BCUT2D eigenvalue weighted by Gasteiger charge is 2.61. The van der Waals surface area contributed by atoms with E-state index in [9.17, 15) is 18.0 Å². The summed E-state index contributed by atoms with van der Waals surface area (Å²) in [4.78, 5) is 12.7. The third kappa shape index (κ3) is 6.14. The zero-order valence-corrected chi connectivity index (χ0v) is 19.4. The van der Waals surface area contributed by atoms with E-state index in [-0.39, 0.29) is 21.1 Å². The van der Waals surface area contributed by atoms with Crippen molar-refractivity contribution in [3.8, 4) is 0 Å². The van der Waals surface area contributed by atoms with Crippen LogP contribution in [-0.2, 0) is 11.0 Å². The number of hydrogen-bond acceptors (Lipinski definition) is 2. The number of benzene rings is 1. The van der Waals surface area contributed by atoms with Gasteiger partial charge in [-0.2, -0.15) is 13.2 Å². The number of nitrogens with one attached hydrogen (secondary N) is 2. The lowest BCUT2D eigenvalue weighted by Gasteiger charge is -2.28. The van der Waals surface area contributed by atoms with Gasteiger partial charge in [0.15, 0.2) is 0 Å². The van der Waals surface area contributed by atoms with E-state index in [2.05, 4.69) is 10.6 Å². The second-order valence-corrected chi connectivity index (χ2v) is 10.9. The van der Waals surface area contributed by atoms with Gasteiger partial charge < -0.3 is 10.6 Å². The number of rotatable bonds is 5. The third-order valence-corrected chi connectivity index (χ3v) is 5.94. The van der Waals surface area contributed by atoms with Crippen molar-refractivity contribution in [2.24, 2.45) is 17.3 Å². The van der Waals surface area contributed by atoms with Crippen LogP contribution in [0, 0.1) is 17.3 Å². The maximum Gasteiger partial charge on any atom is 0.416 e. The molecular formula is C17H15Cl6F3N2O. The number of halogens is 9. The van der Waals surface area contributed by atoms with Crippen molar-refractivity contribution in [2.45, 2.75) is 30.0 Å². The largest absolute Gasteiger partial charge is 0.416 e. The van der Waals surface area contributed by atoms with Crippen molar-refractivity contribution < 1.29 is 18.0 Å². The van der Waals surface area contributed by atoms with Crippen LogP contribution in [0.25, 0.3) is 0 Å². The molecular weight excluding hydrogens is 518 g/mol. The molecule has 1 amide bonds. The number of allylic oxidation sites excluding steroid dienone is 1. The molecule has 0 radical (unpaired) electrons. The van der Waals surface area contributed by atoms with E-state index >= 15 is 0 Å². The Morgan fingerprint density at radius 1 is 1.21 bits per heavy atom. The average molecular weight is 533 g/mol. The van der Waals surface area contributed by atoms with Crippen LogP contribution in [-0.4, -0.2) is 15.9 Å². The molecule has 0 heterocycles. The SMILES string of the molecule is CC1(C)[C@H](C=C(Cl)Cl)[C@@H]1C(=O)N[C@H](Nc1cc(C(F)(F)F)ccc1Cl)C(Cl)(Cl)Cl. The fourth-order valence-electron chi connectivity index (χ4n) is 3.02. The standard InChI is InChI=1S/C17H15Cl6F3N2O/c1-15(2)8(6-11(19)20)12(15)13(29)28-14(16(21,22)23)27-10-5-7(17(24,25)26)3-4-9(10)18/h3-6,8,12,14,27H,1-2H3,(H,28,29)/t8-,12-,14+/m1/s1. The molecule has 2 N–H and O–H groups in total. The fourth-order valence-corrected chi connectivity index (χ4v) is 3.80. The first-order valence-corrected chi connectivity index (χ1v) is 10.3. The molecule has 12 heteroatoms. The maximum absolute atomic E-state index is 13.0. The van der Waals surface area contributed by atoms with Crippen LogP contribution in [0.2, 0.25) is 5.02 Å². The Kier molecular flexibility index (Phi) is 7.52. The number of carbonyl (C=O) groups is 1. The molecule has 0 unspecified atom stereocenters. The Bertz CT molecular complexity index is 818. The van der Waals surface area contributed by atoms with Crippen LogP contribution < -0.4 is 10.6 Å². The molecule has 2 rings (SSSR count). The molecule has 1 aliphatic carbocycles. The Balaban J connectivity index is 2.24. The van der Waals surface area contributed by atoms with E-state index in [0.717, 1.165) is 18.2 Å². The highest BCUT2D eigenvalue weighted by Crippen LogP contribution is 2.59. The first-order chi connectivity index (χ1) is 13.0. The molecule has 0 aromatic heterocycles. The Morgan fingerprint density at radius 2 is 1.79 bits per heavy atom. The van der Waals surface area contributed by atoms with Gasteiger partial charge in [0, 0.05) is 0 Å². The van der Waals surface area contributed by atoms with Crippen molar-refractivity contribution in [1.82, 2.24) is 5.32 Å². The molecule has 1 saturated carbocycles. The van der Waals surface area contributed by atoms with Crippen LogP contribution in [0.3, 0.4) is 0 Å². The molecule has 162 valence electrons. The molecule has 0 saturated heterocycles. The van der Waals surface area contributed by atoms with E-state index in [4.69, 9.17) is 69.6 Å². The van der Waals surface area contributed by atoms with E-state index in [1.807, 2.05) is 13.8 Å². The van der Waals surface area contributed by atoms with Gasteiger partial charge in [-0.05, 0) is 35.6 Å². The van der Waals surface area contributed by atoms with Crippen LogP contribution in [0.15, 0.2) is 28.8 Å². The molecule has 1 fully saturated rings. The van der Waals surface area contributed by atoms with Gasteiger partial charge in [-0.1, -0.05) is 83.5 Å². The monoisotopic (exact) mass is 530 g/mol. The van der Waals surface area contributed by atoms with Crippen molar-refractivity contribution in [1.29, 1.82) is 0 Å². The van der Waals surface area contributed by atoms with Crippen molar-refractivity contribution in [2.75, 3.05) is 5.32 Å². The topological polar surface area (TPSA) is 41.1 Å².